The summed E-state index contributed by atoms with van der Waals surface area (Å²) in [6, 6.07) is 5.78. The van der Waals surface area contributed by atoms with E-state index in [9.17, 15) is 4.79 Å². The zero-order valence-electron chi connectivity index (χ0n) is 13.6. The summed E-state index contributed by atoms with van der Waals surface area (Å²) in [6.45, 7) is 10.8. The molecule has 1 rings (SSSR count). The number of ether oxygens (including phenoxy) is 1. The van der Waals surface area contributed by atoms with Gasteiger partial charge in [-0.1, -0.05) is 6.07 Å². The number of hydrogen-bond donors (Lipinski definition) is 2. The molecule has 1 aromatic carbocycles. The summed E-state index contributed by atoms with van der Waals surface area (Å²) in [4.78, 5) is 13.9. The summed E-state index contributed by atoms with van der Waals surface area (Å²) in [5.74, 6) is 0.645. The minimum Gasteiger partial charge on any atom is -0.489 e. The Morgan fingerprint density at radius 3 is 2.52 bits per heavy atom. The molecular formula is C16H27N3O2. The number of hydrogen-bond acceptors (Lipinski definition) is 4. The molecule has 0 spiro atoms. The molecule has 1 amide bonds. The molecule has 21 heavy (non-hydrogen) atoms. The normalized spacial score (nSPS) is 10.8. The number of carbonyl (C=O) groups is 1. The van der Waals surface area contributed by atoms with Crippen LogP contribution in [0.25, 0.3) is 0 Å². The van der Waals surface area contributed by atoms with Gasteiger partial charge in [0, 0.05) is 12.6 Å². The van der Waals surface area contributed by atoms with Crippen molar-refractivity contribution in [1.29, 1.82) is 0 Å². The van der Waals surface area contributed by atoms with Crippen LogP contribution in [0.1, 0.15) is 34.6 Å². The molecule has 1 aromatic rings. The van der Waals surface area contributed by atoms with E-state index in [0.29, 0.717) is 18.0 Å². The van der Waals surface area contributed by atoms with Gasteiger partial charge in [0.1, 0.15) is 5.75 Å². The zero-order valence-corrected chi connectivity index (χ0v) is 13.6. The summed E-state index contributed by atoms with van der Waals surface area (Å²) in [7, 11) is 0. The smallest absolute Gasteiger partial charge is 0.239 e. The van der Waals surface area contributed by atoms with E-state index in [4.69, 9.17) is 10.5 Å². The van der Waals surface area contributed by atoms with E-state index in [2.05, 4.69) is 5.32 Å². The predicted octanol–water partition coefficient (Wildman–Crippen LogP) is 2.41. The average molecular weight is 293 g/mol. The van der Waals surface area contributed by atoms with Gasteiger partial charge in [-0.25, -0.2) is 0 Å². The Bertz CT molecular complexity index is 473. The summed E-state index contributed by atoms with van der Waals surface area (Å²) in [6.07, 6.45) is 0.0573. The maximum atomic E-state index is 11.9. The number of likely N-dealkylation sites (N-methyl/N-ethyl adjacent to an activating group) is 1. The van der Waals surface area contributed by atoms with Crippen molar-refractivity contribution in [3.05, 3.63) is 18.2 Å². The fraction of sp³-hybridized carbons (Fsp3) is 0.562. The Morgan fingerprint density at radius 1 is 1.33 bits per heavy atom. The Kier molecular flexibility index (Phi) is 6.34. The minimum atomic E-state index is -0.0126. The van der Waals surface area contributed by atoms with Gasteiger partial charge in [-0.15, -0.1) is 0 Å². The first-order valence-corrected chi connectivity index (χ1v) is 7.44. The van der Waals surface area contributed by atoms with E-state index in [1.165, 1.54) is 0 Å². The highest BCUT2D eigenvalue weighted by Gasteiger charge is 2.16. The van der Waals surface area contributed by atoms with Gasteiger partial charge in [0.2, 0.25) is 5.91 Å². The van der Waals surface area contributed by atoms with Gasteiger partial charge in [0.15, 0.2) is 0 Å². The van der Waals surface area contributed by atoms with Gasteiger partial charge in [-0.05, 0) is 46.8 Å². The molecule has 0 bridgehead atoms. The van der Waals surface area contributed by atoms with Crippen molar-refractivity contribution in [3.63, 3.8) is 0 Å². The molecule has 3 N–H and O–H groups in total. The van der Waals surface area contributed by atoms with Crippen molar-refractivity contribution in [1.82, 2.24) is 5.32 Å². The first-order valence-electron chi connectivity index (χ1n) is 7.44. The molecule has 118 valence electrons. The third kappa shape index (κ3) is 5.17. The first-order chi connectivity index (χ1) is 9.85. The van der Waals surface area contributed by atoms with E-state index in [1.54, 1.807) is 0 Å². The number of benzene rings is 1. The van der Waals surface area contributed by atoms with E-state index in [0.717, 1.165) is 5.69 Å². The second-order valence-corrected chi connectivity index (χ2v) is 5.59. The molecule has 0 aliphatic carbocycles. The summed E-state index contributed by atoms with van der Waals surface area (Å²) >= 11 is 0. The lowest BCUT2D eigenvalue weighted by Crippen LogP contribution is -2.40. The molecular weight excluding hydrogens is 266 g/mol. The largest absolute Gasteiger partial charge is 0.489 e. The molecule has 0 fully saturated rings. The molecule has 0 aliphatic heterocycles. The van der Waals surface area contributed by atoms with Crippen LogP contribution in [0.2, 0.25) is 0 Å². The molecule has 0 aliphatic rings. The standard InChI is InChI=1S/C16H27N3O2/c1-6-19(10-15(20)18-11(2)3)13-8-7-9-14(16(13)17)21-12(4)5/h7-9,11-12H,6,10,17H2,1-5H3,(H,18,20). The SMILES string of the molecule is CCN(CC(=O)NC(C)C)c1cccc(OC(C)C)c1N. The number of carbonyl (C=O) groups excluding carboxylic acids is 1. The highest BCUT2D eigenvalue weighted by Crippen LogP contribution is 2.32. The Balaban J connectivity index is 2.92. The van der Waals surface area contributed by atoms with Gasteiger partial charge < -0.3 is 20.7 Å². The summed E-state index contributed by atoms with van der Waals surface area (Å²) in [5, 5.41) is 2.89. The third-order valence-corrected chi connectivity index (χ3v) is 2.91. The average Bonchev–Trinajstić information content (AvgIpc) is 2.37. The first kappa shape index (κ1) is 17.1. The molecule has 0 atom stereocenters. The predicted molar refractivity (Wildman–Crippen MR) is 87.8 cm³/mol. The van der Waals surface area contributed by atoms with Crippen LogP contribution >= 0.6 is 0 Å². The fourth-order valence-corrected chi connectivity index (χ4v) is 2.07. The maximum Gasteiger partial charge on any atom is 0.239 e. The number of nitrogens with two attached hydrogens (primary N) is 1. The number of amides is 1. The maximum absolute atomic E-state index is 11.9. The van der Waals surface area contributed by atoms with Gasteiger partial charge in [0.25, 0.3) is 0 Å². The molecule has 5 nitrogen and oxygen atoms in total. The van der Waals surface area contributed by atoms with Crippen molar-refractivity contribution in [3.8, 4) is 5.75 Å². The molecule has 5 heteroatoms. The molecule has 0 heterocycles. The Morgan fingerprint density at radius 2 is 2.00 bits per heavy atom. The molecule has 0 aromatic heterocycles. The van der Waals surface area contributed by atoms with Crippen LogP contribution in [0.3, 0.4) is 0 Å². The van der Waals surface area contributed by atoms with Crippen LogP contribution in [0.5, 0.6) is 5.75 Å². The van der Waals surface area contributed by atoms with Crippen molar-refractivity contribution in [2.24, 2.45) is 0 Å². The third-order valence-electron chi connectivity index (χ3n) is 2.91. The van der Waals surface area contributed by atoms with Crippen LogP contribution < -0.4 is 20.7 Å². The molecule has 0 unspecified atom stereocenters. The summed E-state index contributed by atoms with van der Waals surface area (Å²) in [5.41, 5.74) is 7.59. The monoisotopic (exact) mass is 293 g/mol. The van der Waals surface area contributed by atoms with Crippen molar-refractivity contribution in [2.45, 2.75) is 46.8 Å². The molecule has 0 saturated carbocycles. The van der Waals surface area contributed by atoms with Crippen LogP contribution in [0.15, 0.2) is 18.2 Å². The Hall–Kier alpha value is -1.91. The lowest BCUT2D eigenvalue weighted by Gasteiger charge is -2.26. The van der Waals surface area contributed by atoms with Crippen LogP contribution in [0, 0.1) is 0 Å². The lowest BCUT2D eigenvalue weighted by molar-refractivity contribution is -0.120. The van der Waals surface area contributed by atoms with Crippen molar-refractivity contribution in [2.75, 3.05) is 23.7 Å². The quantitative estimate of drug-likeness (QED) is 0.758. The van der Waals surface area contributed by atoms with Gasteiger partial charge in [-0.3, -0.25) is 4.79 Å². The highest BCUT2D eigenvalue weighted by molar-refractivity contribution is 5.84. The highest BCUT2D eigenvalue weighted by atomic mass is 16.5. The number of anilines is 2. The number of nitrogens with zero attached hydrogens (tertiary/aromatic N) is 1. The molecule has 0 radical (unpaired) electrons. The fourth-order valence-electron chi connectivity index (χ4n) is 2.07. The van der Waals surface area contributed by atoms with E-state index in [1.807, 2.05) is 57.7 Å². The Labute approximate surface area is 127 Å². The van der Waals surface area contributed by atoms with E-state index in [-0.39, 0.29) is 24.6 Å². The minimum absolute atomic E-state index is 0.0126. The number of para-hydroxylation sites is 1. The number of nitrogens with one attached hydrogen (secondary N) is 1. The van der Waals surface area contributed by atoms with Crippen LogP contribution in [-0.2, 0) is 4.79 Å². The zero-order chi connectivity index (χ0) is 16.0. The van der Waals surface area contributed by atoms with Crippen LogP contribution in [0.4, 0.5) is 11.4 Å². The van der Waals surface area contributed by atoms with Gasteiger partial charge in [-0.2, -0.15) is 0 Å². The van der Waals surface area contributed by atoms with E-state index < -0.39 is 0 Å². The molecule has 0 saturated heterocycles. The second-order valence-electron chi connectivity index (χ2n) is 5.59. The van der Waals surface area contributed by atoms with Gasteiger partial charge >= 0.3 is 0 Å². The van der Waals surface area contributed by atoms with Crippen LogP contribution in [-0.4, -0.2) is 31.1 Å². The second kappa shape index (κ2) is 7.76. The topological polar surface area (TPSA) is 67.6 Å². The lowest BCUT2D eigenvalue weighted by atomic mass is 10.2. The van der Waals surface area contributed by atoms with Gasteiger partial charge in [0.05, 0.1) is 24.0 Å². The van der Waals surface area contributed by atoms with Crippen molar-refractivity contribution >= 4 is 17.3 Å². The number of nitrogen functional groups attached to an aromatic ring is 1. The summed E-state index contributed by atoms with van der Waals surface area (Å²) < 4.78 is 5.70. The number of rotatable bonds is 7. The van der Waals surface area contributed by atoms with Crippen molar-refractivity contribution < 1.29 is 9.53 Å². The van der Waals surface area contributed by atoms with E-state index >= 15 is 0 Å².